The second kappa shape index (κ2) is 6.41. The Labute approximate surface area is 140 Å². The van der Waals surface area contributed by atoms with Crippen molar-refractivity contribution < 1.29 is 4.79 Å². The van der Waals surface area contributed by atoms with E-state index in [0.29, 0.717) is 6.54 Å². The number of carbonyl (C=O) groups is 1. The van der Waals surface area contributed by atoms with Crippen molar-refractivity contribution >= 4 is 16.8 Å². The van der Waals surface area contributed by atoms with Crippen molar-refractivity contribution in [2.45, 2.75) is 12.6 Å². The van der Waals surface area contributed by atoms with Gasteiger partial charge < -0.3 is 10.2 Å². The molecule has 2 aromatic heterocycles. The Morgan fingerprint density at radius 2 is 2.17 bits per heavy atom. The standard InChI is InChI=1S/C18H19N5O/c24-18(13-22-12-15-4-1-2-6-16(15)21-22)23-9-8-20-11-17(23)14-5-3-7-19-10-14/h1-7,10,12,17,20H,8-9,11,13H2. The predicted octanol–water partition coefficient (Wildman–Crippen LogP) is 1.60. The molecule has 6 nitrogen and oxygen atoms in total. The van der Waals surface area contributed by atoms with E-state index >= 15 is 0 Å². The Bertz CT molecular complexity index is 812. The maximum absolute atomic E-state index is 12.8. The molecule has 0 spiro atoms. The third-order valence-electron chi connectivity index (χ3n) is 4.39. The topological polar surface area (TPSA) is 63.1 Å². The zero-order valence-corrected chi connectivity index (χ0v) is 13.3. The molecule has 3 heterocycles. The van der Waals surface area contributed by atoms with E-state index in [1.165, 1.54) is 0 Å². The molecule has 0 aliphatic carbocycles. The lowest BCUT2D eigenvalue weighted by molar-refractivity contribution is -0.135. The van der Waals surface area contributed by atoms with Gasteiger partial charge in [0.15, 0.2) is 0 Å². The predicted molar refractivity (Wildman–Crippen MR) is 91.3 cm³/mol. The number of piperazine rings is 1. The molecule has 1 unspecified atom stereocenters. The van der Waals surface area contributed by atoms with Crippen LogP contribution in [0.4, 0.5) is 0 Å². The lowest BCUT2D eigenvalue weighted by atomic mass is 10.1. The van der Waals surface area contributed by atoms with Crippen LogP contribution in [0.3, 0.4) is 0 Å². The first-order valence-electron chi connectivity index (χ1n) is 8.13. The number of pyridine rings is 1. The van der Waals surface area contributed by atoms with Gasteiger partial charge in [-0.3, -0.25) is 14.5 Å². The van der Waals surface area contributed by atoms with E-state index in [2.05, 4.69) is 15.4 Å². The summed E-state index contributed by atoms with van der Waals surface area (Å²) < 4.78 is 1.73. The third kappa shape index (κ3) is 2.88. The summed E-state index contributed by atoms with van der Waals surface area (Å²) in [7, 11) is 0. The molecule has 1 N–H and O–H groups in total. The zero-order valence-electron chi connectivity index (χ0n) is 13.3. The molecule has 0 saturated carbocycles. The number of benzene rings is 1. The van der Waals surface area contributed by atoms with Crippen LogP contribution in [-0.2, 0) is 11.3 Å². The van der Waals surface area contributed by atoms with Crippen LogP contribution >= 0.6 is 0 Å². The van der Waals surface area contributed by atoms with Gasteiger partial charge in [-0.1, -0.05) is 24.3 Å². The van der Waals surface area contributed by atoms with Crippen LogP contribution in [0.15, 0.2) is 55.0 Å². The zero-order chi connectivity index (χ0) is 16.4. The van der Waals surface area contributed by atoms with E-state index in [0.717, 1.165) is 29.6 Å². The van der Waals surface area contributed by atoms with Gasteiger partial charge in [-0.2, -0.15) is 5.10 Å². The van der Waals surface area contributed by atoms with Gasteiger partial charge in [0.25, 0.3) is 0 Å². The summed E-state index contributed by atoms with van der Waals surface area (Å²) in [5, 5.41) is 8.90. The molecule has 24 heavy (non-hydrogen) atoms. The summed E-state index contributed by atoms with van der Waals surface area (Å²) in [6, 6.07) is 11.8. The highest BCUT2D eigenvalue weighted by atomic mass is 16.2. The number of aromatic nitrogens is 3. The first kappa shape index (κ1) is 14.8. The fraction of sp³-hybridized carbons (Fsp3) is 0.278. The van der Waals surface area contributed by atoms with Gasteiger partial charge in [0, 0.05) is 43.6 Å². The van der Waals surface area contributed by atoms with E-state index in [1.54, 1.807) is 10.9 Å². The average Bonchev–Trinajstić information content (AvgIpc) is 3.04. The van der Waals surface area contributed by atoms with Crippen LogP contribution in [0.2, 0.25) is 0 Å². The molecule has 0 radical (unpaired) electrons. The Morgan fingerprint density at radius 1 is 1.25 bits per heavy atom. The summed E-state index contributed by atoms with van der Waals surface area (Å²) in [5.41, 5.74) is 1.97. The van der Waals surface area contributed by atoms with Gasteiger partial charge in [-0.15, -0.1) is 0 Å². The summed E-state index contributed by atoms with van der Waals surface area (Å²) in [6.45, 7) is 2.51. The molecule has 1 amide bonds. The molecule has 122 valence electrons. The third-order valence-corrected chi connectivity index (χ3v) is 4.39. The maximum atomic E-state index is 12.8. The van der Waals surface area contributed by atoms with Crippen LogP contribution in [0.5, 0.6) is 0 Å². The number of hydrogen-bond donors (Lipinski definition) is 1. The van der Waals surface area contributed by atoms with Crippen molar-refractivity contribution in [1.82, 2.24) is 25.0 Å². The van der Waals surface area contributed by atoms with Crippen LogP contribution in [-0.4, -0.2) is 45.2 Å². The van der Waals surface area contributed by atoms with E-state index in [9.17, 15) is 4.79 Å². The minimum Gasteiger partial charge on any atom is -0.331 e. The minimum absolute atomic E-state index is 0.0185. The van der Waals surface area contributed by atoms with Crippen molar-refractivity contribution in [2.24, 2.45) is 0 Å². The number of fused-ring (bicyclic) bond motifs is 1. The highest BCUT2D eigenvalue weighted by Crippen LogP contribution is 2.22. The number of amides is 1. The highest BCUT2D eigenvalue weighted by Gasteiger charge is 2.28. The average molecular weight is 321 g/mol. The van der Waals surface area contributed by atoms with E-state index in [-0.39, 0.29) is 18.5 Å². The molecular weight excluding hydrogens is 302 g/mol. The van der Waals surface area contributed by atoms with Crippen molar-refractivity contribution in [3.63, 3.8) is 0 Å². The van der Waals surface area contributed by atoms with Gasteiger partial charge in [-0.25, -0.2) is 0 Å². The Balaban J connectivity index is 1.55. The fourth-order valence-corrected chi connectivity index (χ4v) is 3.20. The van der Waals surface area contributed by atoms with Crippen molar-refractivity contribution in [2.75, 3.05) is 19.6 Å². The van der Waals surface area contributed by atoms with Gasteiger partial charge in [0.2, 0.25) is 5.91 Å². The minimum atomic E-state index is 0.0185. The van der Waals surface area contributed by atoms with Crippen LogP contribution in [0.1, 0.15) is 11.6 Å². The smallest absolute Gasteiger partial charge is 0.244 e. The van der Waals surface area contributed by atoms with Crippen LogP contribution < -0.4 is 5.32 Å². The van der Waals surface area contributed by atoms with Gasteiger partial charge in [0.1, 0.15) is 6.54 Å². The largest absolute Gasteiger partial charge is 0.331 e. The molecule has 3 aromatic rings. The number of carbonyl (C=O) groups excluding carboxylic acids is 1. The van der Waals surface area contributed by atoms with Crippen molar-refractivity contribution in [3.8, 4) is 0 Å². The maximum Gasteiger partial charge on any atom is 0.244 e. The second-order valence-electron chi connectivity index (χ2n) is 5.98. The normalized spacial score (nSPS) is 18.0. The van der Waals surface area contributed by atoms with Crippen molar-refractivity contribution in [3.05, 3.63) is 60.6 Å². The van der Waals surface area contributed by atoms with Crippen LogP contribution in [0.25, 0.3) is 10.9 Å². The lowest BCUT2D eigenvalue weighted by Crippen LogP contribution is -2.49. The summed E-state index contributed by atoms with van der Waals surface area (Å²) in [4.78, 5) is 19.0. The SMILES string of the molecule is O=C(Cn1cc2ccccc2n1)N1CCNCC1c1cccnc1. The monoisotopic (exact) mass is 321 g/mol. The van der Waals surface area contributed by atoms with Gasteiger partial charge in [0.05, 0.1) is 11.6 Å². The highest BCUT2D eigenvalue weighted by molar-refractivity contribution is 5.80. The van der Waals surface area contributed by atoms with Crippen molar-refractivity contribution in [1.29, 1.82) is 0 Å². The number of nitrogens with zero attached hydrogens (tertiary/aromatic N) is 4. The molecule has 0 bridgehead atoms. The number of hydrogen-bond acceptors (Lipinski definition) is 4. The molecule has 1 aliphatic rings. The Morgan fingerprint density at radius 3 is 3.00 bits per heavy atom. The van der Waals surface area contributed by atoms with E-state index in [1.807, 2.05) is 53.7 Å². The molecule has 1 atom stereocenters. The first-order chi connectivity index (χ1) is 11.8. The van der Waals surface area contributed by atoms with Gasteiger partial charge in [-0.05, 0) is 17.7 Å². The Hall–Kier alpha value is -2.73. The van der Waals surface area contributed by atoms with Gasteiger partial charge >= 0.3 is 0 Å². The first-order valence-corrected chi connectivity index (χ1v) is 8.13. The Kier molecular flexibility index (Phi) is 3.96. The quantitative estimate of drug-likeness (QED) is 0.796. The summed E-state index contributed by atoms with van der Waals surface area (Å²) >= 11 is 0. The van der Waals surface area contributed by atoms with Crippen LogP contribution in [0, 0.1) is 0 Å². The molecule has 1 fully saturated rings. The molecule has 6 heteroatoms. The molecule has 1 aliphatic heterocycles. The summed E-state index contributed by atoms with van der Waals surface area (Å²) in [6.07, 6.45) is 5.51. The lowest BCUT2D eigenvalue weighted by Gasteiger charge is -2.36. The van der Waals surface area contributed by atoms with E-state index in [4.69, 9.17) is 0 Å². The molecular formula is C18H19N5O. The number of rotatable bonds is 3. The van der Waals surface area contributed by atoms with E-state index < -0.39 is 0 Å². The number of nitrogens with one attached hydrogen (secondary N) is 1. The second-order valence-corrected chi connectivity index (χ2v) is 5.98. The fourth-order valence-electron chi connectivity index (χ4n) is 3.20. The summed E-state index contributed by atoms with van der Waals surface area (Å²) in [5.74, 6) is 0.0816. The molecule has 1 aromatic carbocycles. The molecule has 1 saturated heterocycles. The molecule has 4 rings (SSSR count).